The topological polar surface area (TPSA) is 102 Å². The maximum atomic E-state index is 10.6. The summed E-state index contributed by atoms with van der Waals surface area (Å²) in [6, 6.07) is 32.0. The number of ether oxygens (including phenoxy) is 6. The summed E-state index contributed by atoms with van der Waals surface area (Å²) in [4.78, 5) is 0. The van der Waals surface area contributed by atoms with Gasteiger partial charge < -0.3 is 38.6 Å². The molecule has 0 aromatic heterocycles. The standard InChI is InChI=1S/C40H46O8/c1-39(2,27-5-13-31(14-6-27)43-21-35-23-45-35)29-9-17-33(18-10-29)47-25-37(41)38(42)26-48-34-19-11-30(12-20-34)40(3,4)28-7-15-32(16-8-28)44-22-36-24-46-36/h5-20,35-38,41-42H,21-26H2,1-4H3. The Labute approximate surface area is 283 Å². The lowest BCUT2D eigenvalue weighted by atomic mass is 9.78. The summed E-state index contributed by atoms with van der Waals surface area (Å²) in [6.45, 7) is 11.3. The van der Waals surface area contributed by atoms with Crippen LogP contribution in [0.4, 0.5) is 0 Å². The first kappa shape index (κ1) is 33.8. The van der Waals surface area contributed by atoms with Crippen LogP contribution in [0.15, 0.2) is 97.1 Å². The van der Waals surface area contributed by atoms with E-state index < -0.39 is 12.2 Å². The van der Waals surface area contributed by atoms with Crippen molar-refractivity contribution >= 4 is 0 Å². The second-order valence-corrected chi connectivity index (χ2v) is 13.6. The van der Waals surface area contributed by atoms with Crippen LogP contribution in [0.1, 0.15) is 49.9 Å². The lowest BCUT2D eigenvalue weighted by Gasteiger charge is -2.27. The molecule has 4 aromatic carbocycles. The summed E-state index contributed by atoms with van der Waals surface area (Å²) in [5.74, 6) is 2.89. The normalized spacial score (nSPS) is 18.5. The molecule has 48 heavy (non-hydrogen) atoms. The minimum Gasteiger partial charge on any atom is -0.491 e. The van der Waals surface area contributed by atoms with Gasteiger partial charge in [-0.15, -0.1) is 0 Å². The average molecular weight is 655 g/mol. The van der Waals surface area contributed by atoms with Crippen LogP contribution in [0.25, 0.3) is 0 Å². The van der Waals surface area contributed by atoms with E-state index in [1.54, 1.807) is 0 Å². The molecule has 254 valence electrons. The predicted octanol–water partition coefficient (Wildman–Crippen LogP) is 6.07. The molecule has 2 aliphatic rings. The molecule has 2 N–H and O–H groups in total. The van der Waals surface area contributed by atoms with Gasteiger partial charge in [0.25, 0.3) is 0 Å². The molecule has 0 spiro atoms. The zero-order valence-corrected chi connectivity index (χ0v) is 28.1. The van der Waals surface area contributed by atoms with Crippen molar-refractivity contribution in [1.82, 2.24) is 0 Å². The quantitative estimate of drug-likeness (QED) is 0.132. The Kier molecular flexibility index (Phi) is 10.3. The Morgan fingerprint density at radius 3 is 1.00 bits per heavy atom. The molecule has 4 atom stereocenters. The fraction of sp³-hybridized carbons (Fsp3) is 0.400. The van der Waals surface area contributed by atoms with E-state index in [-0.39, 0.29) is 36.3 Å². The van der Waals surface area contributed by atoms with Gasteiger partial charge in [0.05, 0.1) is 13.2 Å². The summed E-state index contributed by atoms with van der Waals surface area (Å²) >= 11 is 0. The molecular formula is C40H46O8. The fourth-order valence-corrected chi connectivity index (χ4v) is 5.50. The predicted molar refractivity (Wildman–Crippen MR) is 183 cm³/mol. The molecule has 4 unspecified atom stereocenters. The van der Waals surface area contributed by atoms with E-state index in [0.717, 1.165) is 35.8 Å². The van der Waals surface area contributed by atoms with E-state index in [4.69, 9.17) is 28.4 Å². The van der Waals surface area contributed by atoms with Gasteiger partial charge in [0.15, 0.2) is 0 Å². The second-order valence-electron chi connectivity index (χ2n) is 13.6. The van der Waals surface area contributed by atoms with Gasteiger partial charge in [0, 0.05) is 10.8 Å². The van der Waals surface area contributed by atoms with E-state index in [1.165, 1.54) is 11.1 Å². The first-order chi connectivity index (χ1) is 23.1. The molecular weight excluding hydrogens is 608 g/mol. The van der Waals surface area contributed by atoms with E-state index in [2.05, 4.69) is 52.0 Å². The second kappa shape index (κ2) is 14.6. The molecule has 0 bridgehead atoms. The molecule has 2 heterocycles. The molecule has 0 aliphatic carbocycles. The third-order valence-electron chi connectivity index (χ3n) is 9.27. The van der Waals surface area contributed by atoms with Gasteiger partial charge in [0.1, 0.15) is 73.8 Å². The zero-order valence-electron chi connectivity index (χ0n) is 28.1. The van der Waals surface area contributed by atoms with Gasteiger partial charge >= 0.3 is 0 Å². The van der Waals surface area contributed by atoms with Crippen molar-refractivity contribution in [1.29, 1.82) is 0 Å². The van der Waals surface area contributed by atoms with Crippen LogP contribution in [-0.2, 0) is 20.3 Å². The van der Waals surface area contributed by atoms with Crippen LogP contribution < -0.4 is 18.9 Å². The van der Waals surface area contributed by atoms with Crippen LogP contribution in [-0.4, -0.2) is 74.3 Å². The van der Waals surface area contributed by atoms with E-state index in [0.29, 0.717) is 24.7 Å². The Morgan fingerprint density at radius 2 is 0.750 bits per heavy atom. The van der Waals surface area contributed by atoms with Gasteiger partial charge in [0.2, 0.25) is 0 Å². The summed E-state index contributed by atoms with van der Waals surface area (Å²) in [5.41, 5.74) is 4.12. The van der Waals surface area contributed by atoms with Crippen LogP contribution in [0.3, 0.4) is 0 Å². The maximum absolute atomic E-state index is 10.6. The molecule has 0 saturated carbocycles. The van der Waals surface area contributed by atoms with Gasteiger partial charge in [-0.05, 0) is 70.8 Å². The largest absolute Gasteiger partial charge is 0.491 e. The van der Waals surface area contributed by atoms with Crippen molar-refractivity contribution in [3.63, 3.8) is 0 Å². The summed E-state index contributed by atoms with van der Waals surface area (Å²) < 4.78 is 33.6. The van der Waals surface area contributed by atoms with Crippen molar-refractivity contribution < 1.29 is 38.6 Å². The van der Waals surface area contributed by atoms with Crippen molar-refractivity contribution in [2.24, 2.45) is 0 Å². The highest BCUT2D eigenvalue weighted by Gasteiger charge is 2.27. The lowest BCUT2D eigenvalue weighted by molar-refractivity contribution is -0.0288. The van der Waals surface area contributed by atoms with Crippen molar-refractivity contribution in [2.45, 2.75) is 62.9 Å². The molecule has 8 heteroatoms. The lowest BCUT2D eigenvalue weighted by Crippen LogP contribution is -2.36. The number of hydrogen-bond acceptors (Lipinski definition) is 8. The van der Waals surface area contributed by atoms with Crippen LogP contribution in [0, 0.1) is 0 Å². The average Bonchev–Trinajstić information content (AvgIpc) is 4.05. The smallest absolute Gasteiger partial charge is 0.119 e. The van der Waals surface area contributed by atoms with Crippen molar-refractivity contribution in [3.05, 3.63) is 119 Å². The monoisotopic (exact) mass is 654 g/mol. The van der Waals surface area contributed by atoms with E-state index >= 15 is 0 Å². The Morgan fingerprint density at radius 1 is 0.500 bits per heavy atom. The van der Waals surface area contributed by atoms with Crippen LogP contribution in [0.5, 0.6) is 23.0 Å². The number of epoxide rings is 2. The first-order valence-electron chi connectivity index (χ1n) is 16.6. The van der Waals surface area contributed by atoms with Gasteiger partial charge in [-0.1, -0.05) is 76.2 Å². The molecule has 2 aliphatic heterocycles. The number of aliphatic hydroxyl groups excluding tert-OH is 2. The van der Waals surface area contributed by atoms with Gasteiger partial charge in [-0.25, -0.2) is 0 Å². The summed E-state index contributed by atoms with van der Waals surface area (Å²) in [6.07, 6.45) is -1.78. The van der Waals surface area contributed by atoms with Gasteiger partial charge in [-0.2, -0.15) is 0 Å². The fourth-order valence-electron chi connectivity index (χ4n) is 5.50. The number of hydrogen-bond donors (Lipinski definition) is 2. The first-order valence-corrected chi connectivity index (χ1v) is 16.6. The van der Waals surface area contributed by atoms with Gasteiger partial charge in [-0.3, -0.25) is 0 Å². The van der Waals surface area contributed by atoms with E-state index in [1.807, 2.05) is 72.8 Å². The highest BCUT2D eigenvalue weighted by atomic mass is 16.6. The molecule has 2 saturated heterocycles. The Hall–Kier alpha value is -4.08. The Balaban J connectivity index is 0.947. The number of aliphatic hydroxyl groups is 2. The maximum Gasteiger partial charge on any atom is 0.119 e. The van der Waals surface area contributed by atoms with Crippen LogP contribution in [0.2, 0.25) is 0 Å². The molecule has 6 rings (SSSR count). The minimum atomic E-state index is -1.12. The Bertz CT molecular complexity index is 1470. The third kappa shape index (κ3) is 8.68. The molecule has 4 aromatic rings. The molecule has 8 nitrogen and oxygen atoms in total. The number of benzene rings is 4. The van der Waals surface area contributed by atoms with Crippen molar-refractivity contribution in [3.8, 4) is 23.0 Å². The van der Waals surface area contributed by atoms with Crippen LogP contribution >= 0.6 is 0 Å². The zero-order chi connectivity index (χ0) is 33.7. The van der Waals surface area contributed by atoms with E-state index in [9.17, 15) is 10.2 Å². The molecule has 2 fully saturated rings. The minimum absolute atomic E-state index is 0.0635. The highest BCUT2D eigenvalue weighted by Crippen LogP contribution is 2.35. The summed E-state index contributed by atoms with van der Waals surface area (Å²) in [5, 5.41) is 21.1. The highest BCUT2D eigenvalue weighted by molar-refractivity contribution is 5.43. The molecule has 0 amide bonds. The SMILES string of the molecule is CC(C)(c1ccc(OCC2CO2)cc1)c1ccc(OCC(O)C(O)COc2ccc(C(C)(C)c3ccc(OCC4CO4)cc3)cc2)cc1. The number of rotatable bonds is 17. The summed E-state index contributed by atoms with van der Waals surface area (Å²) in [7, 11) is 0. The molecule has 0 radical (unpaired) electrons. The van der Waals surface area contributed by atoms with Crippen molar-refractivity contribution in [2.75, 3.05) is 39.6 Å². The third-order valence-corrected chi connectivity index (χ3v) is 9.27.